The van der Waals surface area contributed by atoms with Crippen LogP contribution in [0.15, 0.2) is 48.5 Å². The number of carbonyl (C=O) groups is 2. The molecule has 0 saturated heterocycles. The average molecular weight is 355 g/mol. The number of nitrogens with one attached hydrogen (secondary N) is 1. The number of hydrogen-bond acceptors (Lipinski definition) is 3. The number of para-hydroxylation sites is 2. The second-order valence-corrected chi connectivity index (χ2v) is 6.38. The summed E-state index contributed by atoms with van der Waals surface area (Å²) in [6.07, 6.45) is 0.229. The number of amides is 2. The predicted octanol–water partition coefficient (Wildman–Crippen LogP) is 3.42. The molecule has 0 spiro atoms. The van der Waals surface area contributed by atoms with E-state index in [0.717, 1.165) is 0 Å². The molecule has 3 rings (SSSR count). The van der Waals surface area contributed by atoms with Crippen molar-refractivity contribution in [2.45, 2.75) is 26.3 Å². The molecule has 1 unspecified atom stereocenters. The van der Waals surface area contributed by atoms with Crippen molar-refractivity contribution in [3.63, 3.8) is 0 Å². The summed E-state index contributed by atoms with van der Waals surface area (Å²) >= 11 is 0. The zero-order valence-corrected chi connectivity index (χ0v) is 14.9. The fourth-order valence-corrected chi connectivity index (χ4v) is 3.27. The van der Waals surface area contributed by atoms with Gasteiger partial charge >= 0.3 is 0 Å². The van der Waals surface area contributed by atoms with E-state index in [4.69, 9.17) is 0 Å². The van der Waals surface area contributed by atoms with E-state index in [1.807, 2.05) is 36.9 Å². The van der Waals surface area contributed by atoms with E-state index in [2.05, 4.69) is 5.32 Å². The zero-order valence-electron chi connectivity index (χ0n) is 14.9. The molecule has 1 aliphatic heterocycles. The molecular formula is C20H22FN3O2. The van der Waals surface area contributed by atoms with Crippen molar-refractivity contribution < 1.29 is 14.0 Å². The molecule has 5 nitrogen and oxygen atoms in total. The first kappa shape index (κ1) is 17.9. The number of carbonyl (C=O) groups excluding carboxylic acids is 2. The van der Waals surface area contributed by atoms with Crippen molar-refractivity contribution in [3.8, 4) is 0 Å². The monoisotopic (exact) mass is 355 g/mol. The average Bonchev–Trinajstić information content (AvgIpc) is 2.73. The van der Waals surface area contributed by atoms with Gasteiger partial charge in [-0.15, -0.1) is 0 Å². The lowest BCUT2D eigenvalue weighted by Gasteiger charge is -2.31. The first-order chi connectivity index (χ1) is 12.5. The molecule has 136 valence electrons. The van der Waals surface area contributed by atoms with Crippen molar-refractivity contribution in [1.82, 2.24) is 0 Å². The van der Waals surface area contributed by atoms with E-state index in [0.29, 0.717) is 23.6 Å². The van der Waals surface area contributed by atoms with Gasteiger partial charge in [0, 0.05) is 24.7 Å². The largest absolute Gasteiger partial charge is 0.362 e. The normalized spacial score (nSPS) is 16.5. The Balaban J connectivity index is 1.89. The SMILES string of the molecule is CCN(CC(=O)N1c2ccccc2NC(=O)CC1C)c1cccc(F)c1. The molecule has 6 heteroatoms. The lowest BCUT2D eigenvalue weighted by Crippen LogP contribution is -2.45. The number of halogens is 1. The first-order valence-electron chi connectivity index (χ1n) is 8.71. The van der Waals surface area contributed by atoms with Crippen LogP contribution in [-0.2, 0) is 9.59 Å². The molecule has 0 fully saturated rings. The number of rotatable bonds is 4. The number of hydrogen-bond donors (Lipinski definition) is 1. The predicted molar refractivity (Wildman–Crippen MR) is 101 cm³/mol. The van der Waals surface area contributed by atoms with Crippen LogP contribution < -0.4 is 15.1 Å². The number of likely N-dealkylation sites (N-methyl/N-ethyl adjacent to an activating group) is 1. The molecule has 2 aromatic carbocycles. The maximum Gasteiger partial charge on any atom is 0.246 e. The van der Waals surface area contributed by atoms with Crippen molar-refractivity contribution in [2.24, 2.45) is 0 Å². The summed E-state index contributed by atoms with van der Waals surface area (Å²) in [6, 6.07) is 13.2. The Bertz CT molecular complexity index is 824. The molecule has 0 aliphatic carbocycles. The molecule has 0 radical (unpaired) electrons. The van der Waals surface area contributed by atoms with Crippen LogP contribution >= 0.6 is 0 Å². The van der Waals surface area contributed by atoms with E-state index in [-0.39, 0.29) is 36.6 Å². The van der Waals surface area contributed by atoms with Gasteiger partial charge in [-0.25, -0.2) is 4.39 Å². The van der Waals surface area contributed by atoms with E-state index in [1.165, 1.54) is 12.1 Å². The highest BCUT2D eigenvalue weighted by molar-refractivity contribution is 6.05. The molecule has 2 amide bonds. The smallest absolute Gasteiger partial charge is 0.246 e. The summed E-state index contributed by atoms with van der Waals surface area (Å²) in [5.41, 5.74) is 1.97. The first-order valence-corrected chi connectivity index (χ1v) is 8.71. The molecular weight excluding hydrogens is 333 g/mol. The van der Waals surface area contributed by atoms with Gasteiger partial charge in [-0.1, -0.05) is 18.2 Å². The Morgan fingerprint density at radius 1 is 1.27 bits per heavy atom. The lowest BCUT2D eigenvalue weighted by atomic mass is 10.1. The van der Waals surface area contributed by atoms with Crippen molar-refractivity contribution in [2.75, 3.05) is 28.2 Å². The second-order valence-electron chi connectivity index (χ2n) is 6.38. The number of benzene rings is 2. The van der Waals surface area contributed by atoms with Crippen molar-refractivity contribution >= 4 is 28.9 Å². The minimum Gasteiger partial charge on any atom is -0.362 e. The van der Waals surface area contributed by atoms with Crippen LogP contribution in [0.2, 0.25) is 0 Å². The maximum atomic E-state index is 13.5. The zero-order chi connectivity index (χ0) is 18.7. The summed E-state index contributed by atoms with van der Waals surface area (Å²) < 4.78 is 13.5. The highest BCUT2D eigenvalue weighted by Crippen LogP contribution is 2.31. The number of fused-ring (bicyclic) bond motifs is 1. The second kappa shape index (κ2) is 7.56. The molecule has 0 saturated carbocycles. The van der Waals surface area contributed by atoms with Crippen LogP contribution in [0, 0.1) is 5.82 Å². The lowest BCUT2D eigenvalue weighted by molar-refractivity contribution is -0.118. The molecule has 1 aliphatic rings. The van der Waals surface area contributed by atoms with E-state index in [1.54, 1.807) is 23.1 Å². The summed E-state index contributed by atoms with van der Waals surface area (Å²) in [5, 5.41) is 2.85. The third-order valence-corrected chi connectivity index (χ3v) is 4.51. The number of nitrogens with zero attached hydrogens (tertiary/aromatic N) is 2. The molecule has 0 bridgehead atoms. The van der Waals surface area contributed by atoms with Gasteiger partial charge in [-0.3, -0.25) is 9.59 Å². The van der Waals surface area contributed by atoms with Gasteiger partial charge in [-0.2, -0.15) is 0 Å². The van der Waals surface area contributed by atoms with Crippen LogP contribution in [0.25, 0.3) is 0 Å². The van der Waals surface area contributed by atoms with Crippen LogP contribution in [-0.4, -0.2) is 30.9 Å². The van der Waals surface area contributed by atoms with Gasteiger partial charge in [0.15, 0.2) is 0 Å². The Morgan fingerprint density at radius 2 is 2.04 bits per heavy atom. The molecule has 2 aromatic rings. The number of anilines is 3. The van der Waals surface area contributed by atoms with Crippen molar-refractivity contribution in [1.29, 1.82) is 0 Å². The Morgan fingerprint density at radius 3 is 2.77 bits per heavy atom. The van der Waals surface area contributed by atoms with Gasteiger partial charge in [0.1, 0.15) is 5.82 Å². The summed E-state index contributed by atoms with van der Waals surface area (Å²) in [4.78, 5) is 28.7. The van der Waals surface area contributed by atoms with Gasteiger partial charge < -0.3 is 15.1 Å². The van der Waals surface area contributed by atoms with Crippen LogP contribution in [0.5, 0.6) is 0 Å². The molecule has 1 N–H and O–H groups in total. The van der Waals surface area contributed by atoms with Gasteiger partial charge in [0.2, 0.25) is 11.8 Å². The van der Waals surface area contributed by atoms with E-state index >= 15 is 0 Å². The topological polar surface area (TPSA) is 52.7 Å². The Hall–Kier alpha value is -2.89. The van der Waals surface area contributed by atoms with Crippen LogP contribution in [0.3, 0.4) is 0 Å². The van der Waals surface area contributed by atoms with Gasteiger partial charge in [-0.05, 0) is 44.2 Å². The quantitative estimate of drug-likeness (QED) is 0.914. The molecule has 1 atom stereocenters. The minimum atomic E-state index is -0.336. The molecule has 1 heterocycles. The van der Waals surface area contributed by atoms with Gasteiger partial charge in [0.25, 0.3) is 0 Å². The third-order valence-electron chi connectivity index (χ3n) is 4.51. The third kappa shape index (κ3) is 3.69. The fraction of sp³-hybridized carbons (Fsp3) is 0.300. The standard InChI is InChI=1S/C20H22FN3O2/c1-3-23(16-8-6-7-15(21)12-16)13-20(26)24-14(2)11-19(25)22-17-9-4-5-10-18(17)24/h4-10,12,14H,3,11,13H2,1-2H3,(H,22,25). The van der Waals surface area contributed by atoms with Gasteiger partial charge in [0.05, 0.1) is 17.9 Å². The highest BCUT2D eigenvalue weighted by atomic mass is 19.1. The Labute approximate surface area is 152 Å². The summed E-state index contributed by atoms with van der Waals surface area (Å²) in [7, 11) is 0. The van der Waals surface area contributed by atoms with E-state index < -0.39 is 0 Å². The summed E-state index contributed by atoms with van der Waals surface area (Å²) in [5.74, 6) is -0.582. The molecule has 26 heavy (non-hydrogen) atoms. The highest BCUT2D eigenvalue weighted by Gasteiger charge is 2.30. The minimum absolute atomic E-state index is 0.104. The molecule has 0 aromatic heterocycles. The van der Waals surface area contributed by atoms with Crippen molar-refractivity contribution in [3.05, 3.63) is 54.3 Å². The maximum absolute atomic E-state index is 13.5. The van der Waals surface area contributed by atoms with Crippen LogP contribution in [0.4, 0.5) is 21.5 Å². The summed E-state index contributed by atoms with van der Waals surface area (Å²) in [6.45, 7) is 4.45. The van der Waals surface area contributed by atoms with Crippen LogP contribution in [0.1, 0.15) is 20.3 Å². The fourth-order valence-electron chi connectivity index (χ4n) is 3.27. The Kier molecular flexibility index (Phi) is 5.21. The van der Waals surface area contributed by atoms with E-state index in [9.17, 15) is 14.0 Å².